The van der Waals surface area contributed by atoms with Gasteiger partial charge >= 0.3 is 0 Å². The number of nitrogens with zero attached hydrogens (tertiary/aromatic N) is 6. The largest absolute Gasteiger partial charge is 0.473 e. The highest BCUT2D eigenvalue weighted by Gasteiger charge is 2.35. The Morgan fingerprint density at radius 3 is 2.75 bits per heavy atom. The fourth-order valence-electron chi connectivity index (χ4n) is 2.48. The van der Waals surface area contributed by atoms with Crippen molar-refractivity contribution in [3.8, 4) is 5.88 Å². The normalized spacial score (nSPS) is 18.7. The van der Waals surface area contributed by atoms with Crippen molar-refractivity contribution in [1.29, 1.82) is 0 Å². The topological polar surface area (TPSA) is 93.5 Å². The van der Waals surface area contributed by atoms with Crippen molar-refractivity contribution in [2.75, 3.05) is 32.1 Å². The minimum Gasteiger partial charge on any atom is -0.473 e. The monoisotopic (exact) mass is 352 g/mol. The molecule has 1 aliphatic heterocycles. The number of hydrogen-bond donors (Lipinski definition) is 0. The highest BCUT2D eigenvalue weighted by atomic mass is 32.2. The maximum atomic E-state index is 12.6. The predicted octanol–water partition coefficient (Wildman–Crippen LogP) is 0.118. The van der Waals surface area contributed by atoms with Gasteiger partial charge in [0.2, 0.25) is 5.88 Å². The highest BCUT2D eigenvalue weighted by Crippen LogP contribution is 2.23. The van der Waals surface area contributed by atoms with Gasteiger partial charge in [0.15, 0.2) is 5.03 Å². The van der Waals surface area contributed by atoms with Gasteiger partial charge in [-0.15, -0.1) is 0 Å². The molecular weight excluding hydrogens is 332 g/mol. The van der Waals surface area contributed by atoms with Crippen molar-refractivity contribution < 1.29 is 13.2 Å². The number of sulfonamides is 1. The molecule has 0 unspecified atom stereocenters. The van der Waals surface area contributed by atoms with Crippen molar-refractivity contribution in [3.05, 3.63) is 24.9 Å². The van der Waals surface area contributed by atoms with E-state index in [0.717, 1.165) is 5.82 Å². The van der Waals surface area contributed by atoms with E-state index in [2.05, 4.69) is 15.0 Å². The molecule has 1 atom stereocenters. The zero-order valence-electron chi connectivity index (χ0n) is 13.8. The van der Waals surface area contributed by atoms with Gasteiger partial charge in [0.25, 0.3) is 10.0 Å². The fourth-order valence-corrected chi connectivity index (χ4v) is 3.93. The van der Waals surface area contributed by atoms with Crippen LogP contribution in [-0.4, -0.2) is 65.5 Å². The van der Waals surface area contributed by atoms with E-state index in [0.29, 0.717) is 18.8 Å². The third-order valence-corrected chi connectivity index (χ3v) is 5.52. The van der Waals surface area contributed by atoms with Crippen molar-refractivity contribution in [2.45, 2.75) is 17.6 Å². The molecule has 10 heteroatoms. The summed E-state index contributed by atoms with van der Waals surface area (Å²) in [6, 6.07) is 1.73. The number of ether oxygens (including phenoxy) is 1. The molecule has 24 heavy (non-hydrogen) atoms. The third-order valence-electron chi connectivity index (χ3n) is 3.77. The number of aromatic nitrogens is 4. The molecule has 0 saturated carbocycles. The number of hydrogen-bond acceptors (Lipinski definition) is 7. The van der Waals surface area contributed by atoms with Gasteiger partial charge in [0, 0.05) is 40.0 Å². The summed E-state index contributed by atoms with van der Waals surface area (Å²) in [5.74, 6) is 1.17. The number of imidazole rings is 1. The first kappa shape index (κ1) is 16.7. The quantitative estimate of drug-likeness (QED) is 0.754. The summed E-state index contributed by atoms with van der Waals surface area (Å²) in [5.41, 5.74) is 0. The third kappa shape index (κ3) is 3.34. The molecule has 1 saturated heterocycles. The molecule has 9 nitrogen and oxygen atoms in total. The van der Waals surface area contributed by atoms with Crippen molar-refractivity contribution in [2.24, 2.45) is 7.05 Å². The van der Waals surface area contributed by atoms with Crippen LogP contribution in [0.1, 0.15) is 6.42 Å². The maximum absolute atomic E-state index is 12.6. The summed E-state index contributed by atoms with van der Waals surface area (Å²) >= 11 is 0. The number of anilines is 1. The summed E-state index contributed by atoms with van der Waals surface area (Å²) < 4.78 is 33.9. The van der Waals surface area contributed by atoms with Gasteiger partial charge in [-0.2, -0.15) is 4.31 Å². The second-order valence-corrected chi connectivity index (χ2v) is 7.76. The zero-order valence-corrected chi connectivity index (χ0v) is 14.6. The molecule has 1 aliphatic rings. The van der Waals surface area contributed by atoms with Gasteiger partial charge in [0.05, 0.1) is 12.9 Å². The van der Waals surface area contributed by atoms with E-state index in [1.54, 1.807) is 17.7 Å². The lowest BCUT2D eigenvalue weighted by Crippen LogP contribution is -2.31. The first-order chi connectivity index (χ1) is 11.4. The Kier molecular flexibility index (Phi) is 4.41. The van der Waals surface area contributed by atoms with Crippen molar-refractivity contribution in [1.82, 2.24) is 23.8 Å². The van der Waals surface area contributed by atoms with E-state index < -0.39 is 10.0 Å². The number of aryl methyl sites for hydroxylation is 1. The zero-order chi connectivity index (χ0) is 17.3. The first-order valence-corrected chi connectivity index (χ1v) is 8.94. The van der Waals surface area contributed by atoms with Crippen LogP contribution in [0, 0.1) is 0 Å². The molecule has 0 aliphatic carbocycles. The predicted molar refractivity (Wildman–Crippen MR) is 87.4 cm³/mol. The molecule has 2 aromatic rings. The average Bonchev–Trinajstić information content (AvgIpc) is 3.17. The first-order valence-electron chi connectivity index (χ1n) is 7.50. The van der Waals surface area contributed by atoms with E-state index >= 15 is 0 Å². The van der Waals surface area contributed by atoms with Gasteiger partial charge in [-0.1, -0.05) is 0 Å². The van der Waals surface area contributed by atoms with Gasteiger partial charge in [0.1, 0.15) is 18.2 Å². The van der Waals surface area contributed by atoms with Crippen molar-refractivity contribution >= 4 is 15.8 Å². The lowest BCUT2D eigenvalue weighted by Gasteiger charge is -2.16. The van der Waals surface area contributed by atoms with Crippen LogP contribution in [0.15, 0.2) is 29.9 Å². The summed E-state index contributed by atoms with van der Waals surface area (Å²) in [6.45, 7) is 0.676. The van der Waals surface area contributed by atoms with E-state index in [9.17, 15) is 8.42 Å². The van der Waals surface area contributed by atoms with Gasteiger partial charge in [-0.25, -0.2) is 23.4 Å². The Morgan fingerprint density at radius 1 is 1.29 bits per heavy atom. The molecule has 3 heterocycles. The molecule has 0 amide bonds. The second-order valence-electron chi connectivity index (χ2n) is 5.88. The van der Waals surface area contributed by atoms with Crippen LogP contribution >= 0.6 is 0 Å². The van der Waals surface area contributed by atoms with Crippen LogP contribution in [0.2, 0.25) is 0 Å². The molecule has 0 radical (unpaired) electrons. The average molecular weight is 352 g/mol. The summed E-state index contributed by atoms with van der Waals surface area (Å²) in [7, 11) is 1.91. The molecular formula is C14H20N6O3S. The maximum Gasteiger partial charge on any atom is 0.262 e. The highest BCUT2D eigenvalue weighted by molar-refractivity contribution is 7.89. The lowest BCUT2D eigenvalue weighted by atomic mass is 10.3. The van der Waals surface area contributed by atoms with Crippen LogP contribution in [0.3, 0.4) is 0 Å². The smallest absolute Gasteiger partial charge is 0.262 e. The molecule has 2 aromatic heterocycles. The summed E-state index contributed by atoms with van der Waals surface area (Å²) in [4.78, 5) is 14.0. The van der Waals surface area contributed by atoms with E-state index in [1.807, 2.05) is 19.0 Å². The minimum atomic E-state index is -3.58. The Bertz CT molecular complexity index is 819. The van der Waals surface area contributed by atoms with Crippen LogP contribution in [0.4, 0.5) is 5.82 Å². The Hall–Kier alpha value is -2.20. The Morgan fingerprint density at radius 2 is 2.08 bits per heavy atom. The molecule has 0 N–H and O–H groups in total. The lowest BCUT2D eigenvalue weighted by molar-refractivity contribution is 0.206. The Balaban J connectivity index is 1.68. The molecule has 1 fully saturated rings. The van der Waals surface area contributed by atoms with Gasteiger partial charge < -0.3 is 14.2 Å². The molecule has 3 rings (SSSR count). The molecule has 0 bridgehead atoms. The molecule has 130 valence electrons. The van der Waals surface area contributed by atoms with Crippen LogP contribution in [-0.2, 0) is 17.1 Å². The van der Waals surface area contributed by atoms with Crippen LogP contribution in [0.5, 0.6) is 5.88 Å². The standard InChI is InChI=1S/C14H20N6O3S/c1-18(2)12-6-13(16-9-15-12)23-11-4-5-20(7-11)24(21,22)14-8-19(3)10-17-14/h6,8-11H,4-5,7H2,1-3H3/t11-/m0/s1. The SMILES string of the molecule is CN(C)c1cc(O[C@H]2CCN(S(=O)(=O)c3cn(C)cn3)C2)ncn1. The van der Waals surface area contributed by atoms with Crippen LogP contribution in [0.25, 0.3) is 0 Å². The summed E-state index contributed by atoms with van der Waals surface area (Å²) in [5, 5.41) is 0.0579. The molecule has 0 spiro atoms. The van der Waals surface area contributed by atoms with E-state index in [4.69, 9.17) is 4.74 Å². The number of rotatable bonds is 5. The van der Waals surface area contributed by atoms with Crippen molar-refractivity contribution in [3.63, 3.8) is 0 Å². The van der Waals surface area contributed by atoms with Crippen LogP contribution < -0.4 is 9.64 Å². The minimum absolute atomic E-state index is 0.0579. The summed E-state index contributed by atoms with van der Waals surface area (Å²) in [6.07, 6.45) is 4.77. The Labute approximate surface area is 141 Å². The van der Waals surface area contributed by atoms with E-state index in [-0.39, 0.29) is 17.7 Å². The fraction of sp³-hybridized carbons (Fsp3) is 0.500. The molecule has 0 aromatic carbocycles. The second kappa shape index (κ2) is 6.36. The van der Waals surface area contributed by atoms with E-state index in [1.165, 1.54) is 23.2 Å². The van der Waals surface area contributed by atoms with Gasteiger partial charge in [-0.05, 0) is 6.42 Å². The van der Waals surface area contributed by atoms with Gasteiger partial charge in [-0.3, -0.25) is 0 Å².